The highest BCUT2D eigenvalue weighted by Crippen LogP contribution is 2.09. The topological polar surface area (TPSA) is 96.4 Å². The molecule has 2 amide bonds. The van der Waals surface area contributed by atoms with Gasteiger partial charge in [-0.3, -0.25) is 4.79 Å². The summed E-state index contributed by atoms with van der Waals surface area (Å²) >= 11 is 0. The minimum atomic E-state index is -1.10. The molecule has 1 heterocycles. The second-order valence-corrected chi connectivity index (χ2v) is 4.42. The average Bonchev–Trinajstić information content (AvgIpc) is 2.45. The van der Waals surface area contributed by atoms with Crippen LogP contribution >= 0.6 is 0 Å². The molecule has 1 fully saturated rings. The van der Waals surface area contributed by atoms with Crippen molar-refractivity contribution in [3.05, 3.63) is 0 Å². The van der Waals surface area contributed by atoms with Gasteiger partial charge in [0.1, 0.15) is 6.54 Å². The average molecular weight is 288 g/mol. The van der Waals surface area contributed by atoms with Gasteiger partial charge in [0.15, 0.2) is 6.10 Å². The molecule has 8 nitrogen and oxygen atoms in total. The van der Waals surface area contributed by atoms with Crippen LogP contribution in [0.1, 0.15) is 13.3 Å². The lowest BCUT2D eigenvalue weighted by Gasteiger charge is -2.34. The summed E-state index contributed by atoms with van der Waals surface area (Å²) in [6.07, 6.45) is -0.329. The molecular formula is C12H20N2O6. The highest BCUT2D eigenvalue weighted by Gasteiger charge is 2.31. The molecule has 1 rings (SSSR count). The maximum absolute atomic E-state index is 12.3. The van der Waals surface area contributed by atoms with Crippen LogP contribution in [0.3, 0.4) is 0 Å². The molecule has 1 aliphatic heterocycles. The molecule has 0 radical (unpaired) electrons. The smallest absolute Gasteiger partial charge is 0.334 e. The van der Waals surface area contributed by atoms with E-state index in [0.717, 1.165) is 0 Å². The van der Waals surface area contributed by atoms with Crippen molar-refractivity contribution in [2.45, 2.75) is 19.4 Å². The molecule has 114 valence electrons. The number of aliphatic carboxylic acids is 1. The lowest BCUT2D eigenvalue weighted by atomic mass is 10.3. The SMILES string of the molecule is CCCN(CC(=O)OC)C(=O)N1CCOC(C(=O)O)C1. The minimum absolute atomic E-state index is 0.0183. The summed E-state index contributed by atoms with van der Waals surface area (Å²) in [7, 11) is 1.26. The predicted octanol–water partition coefficient (Wildman–Crippen LogP) is -0.223. The fourth-order valence-electron chi connectivity index (χ4n) is 1.91. The number of ether oxygens (including phenoxy) is 2. The van der Waals surface area contributed by atoms with E-state index >= 15 is 0 Å². The Morgan fingerprint density at radius 3 is 2.70 bits per heavy atom. The van der Waals surface area contributed by atoms with Crippen molar-refractivity contribution in [3.63, 3.8) is 0 Å². The number of hydrogen-bond acceptors (Lipinski definition) is 5. The van der Waals surface area contributed by atoms with Crippen LogP contribution in [0.2, 0.25) is 0 Å². The van der Waals surface area contributed by atoms with Crippen molar-refractivity contribution in [1.82, 2.24) is 9.80 Å². The molecule has 0 bridgehead atoms. The van der Waals surface area contributed by atoms with Crippen molar-refractivity contribution < 1.29 is 29.0 Å². The van der Waals surface area contributed by atoms with Gasteiger partial charge in [0, 0.05) is 13.1 Å². The van der Waals surface area contributed by atoms with Crippen molar-refractivity contribution in [1.29, 1.82) is 0 Å². The van der Waals surface area contributed by atoms with Crippen molar-refractivity contribution in [3.8, 4) is 0 Å². The molecule has 0 aromatic carbocycles. The van der Waals surface area contributed by atoms with Gasteiger partial charge in [0.2, 0.25) is 0 Å². The number of amides is 2. The Morgan fingerprint density at radius 2 is 2.15 bits per heavy atom. The second-order valence-electron chi connectivity index (χ2n) is 4.42. The third-order valence-electron chi connectivity index (χ3n) is 2.92. The van der Waals surface area contributed by atoms with E-state index in [0.29, 0.717) is 19.5 Å². The first-order valence-electron chi connectivity index (χ1n) is 6.44. The molecule has 1 N–H and O–H groups in total. The number of carboxylic acid groups (broad SMARTS) is 1. The third-order valence-corrected chi connectivity index (χ3v) is 2.92. The van der Waals surface area contributed by atoms with Crippen LogP contribution < -0.4 is 0 Å². The molecule has 1 unspecified atom stereocenters. The van der Waals surface area contributed by atoms with Crippen LogP contribution in [0.5, 0.6) is 0 Å². The van der Waals surface area contributed by atoms with Gasteiger partial charge in [0.25, 0.3) is 0 Å². The molecule has 0 aliphatic carbocycles. The summed E-state index contributed by atoms with van der Waals surface area (Å²) in [6, 6.07) is -0.369. The van der Waals surface area contributed by atoms with Crippen LogP contribution in [0.15, 0.2) is 0 Å². The van der Waals surface area contributed by atoms with Gasteiger partial charge in [-0.15, -0.1) is 0 Å². The fourth-order valence-corrected chi connectivity index (χ4v) is 1.91. The van der Waals surface area contributed by atoms with E-state index in [2.05, 4.69) is 4.74 Å². The number of carboxylic acids is 1. The number of morpholine rings is 1. The van der Waals surface area contributed by atoms with E-state index in [9.17, 15) is 14.4 Å². The monoisotopic (exact) mass is 288 g/mol. The second kappa shape index (κ2) is 7.68. The first-order chi connectivity index (χ1) is 9.49. The lowest BCUT2D eigenvalue weighted by molar-refractivity contribution is -0.155. The van der Waals surface area contributed by atoms with Crippen LogP contribution in [0, 0.1) is 0 Å². The molecule has 0 saturated carbocycles. The molecule has 20 heavy (non-hydrogen) atoms. The Balaban J connectivity index is 2.67. The summed E-state index contributed by atoms with van der Waals surface area (Å²) < 4.78 is 9.61. The number of urea groups is 1. The Bertz CT molecular complexity index is 373. The highest BCUT2D eigenvalue weighted by molar-refractivity contribution is 5.82. The van der Waals surface area contributed by atoms with Gasteiger partial charge < -0.3 is 24.4 Å². The summed E-state index contributed by atoms with van der Waals surface area (Å²) in [6.45, 7) is 2.61. The number of methoxy groups -OCH3 is 1. The van der Waals surface area contributed by atoms with Crippen molar-refractivity contribution in [2.24, 2.45) is 0 Å². The summed E-state index contributed by atoms with van der Waals surface area (Å²) in [4.78, 5) is 37.2. The Kier molecular flexibility index (Phi) is 6.23. The first kappa shape index (κ1) is 16.2. The van der Waals surface area contributed by atoms with Crippen LogP contribution in [0.4, 0.5) is 4.79 Å². The molecule has 1 atom stereocenters. The van der Waals surface area contributed by atoms with E-state index in [1.165, 1.54) is 16.9 Å². The Labute approximate surface area is 117 Å². The Hall–Kier alpha value is -1.83. The van der Waals surface area contributed by atoms with Crippen molar-refractivity contribution >= 4 is 18.0 Å². The zero-order valence-electron chi connectivity index (χ0n) is 11.7. The molecule has 0 aromatic heterocycles. The summed E-state index contributed by atoms with van der Waals surface area (Å²) in [5.74, 6) is -1.60. The van der Waals surface area contributed by atoms with Crippen LogP contribution in [-0.4, -0.2) is 78.9 Å². The predicted molar refractivity (Wildman–Crippen MR) is 68.2 cm³/mol. The quantitative estimate of drug-likeness (QED) is 0.702. The molecule has 0 spiro atoms. The Morgan fingerprint density at radius 1 is 1.45 bits per heavy atom. The van der Waals surface area contributed by atoms with E-state index in [4.69, 9.17) is 9.84 Å². The summed E-state index contributed by atoms with van der Waals surface area (Å²) in [5, 5.41) is 8.91. The molecular weight excluding hydrogens is 268 g/mol. The van der Waals surface area contributed by atoms with Crippen molar-refractivity contribution in [2.75, 3.05) is 39.9 Å². The number of nitrogens with zero attached hydrogens (tertiary/aromatic N) is 2. The minimum Gasteiger partial charge on any atom is -0.479 e. The maximum atomic E-state index is 12.3. The molecule has 1 aliphatic rings. The largest absolute Gasteiger partial charge is 0.479 e. The van der Waals surface area contributed by atoms with E-state index < -0.39 is 18.0 Å². The number of carbonyl (C=O) groups is 3. The van der Waals surface area contributed by atoms with Crippen LogP contribution in [0.25, 0.3) is 0 Å². The lowest BCUT2D eigenvalue weighted by Crippen LogP contribution is -2.53. The van der Waals surface area contributed by atoms with E-state index in [-0.39, 0.29) is 25.7 Å². The number of carbonyl (C=O) groups excluding carboxylic acids is 2. The summed E-state index contributed by atoms with van der Waals surface area (Å²) in [5.41, 5.74) is 0. The third kappa shape index (κ3) is 4.37. The number of hydrogen-bond donors (Lipinski definition) is 1. The normalized spacial score (nSPS) is 18.5. The standard InChI is InChI=1S/C12H20N2O6/c1-3-4-13(8-10(15)19-2)12(18)14-5-6-20-9(7-14)11(16)17/h9H,3-8H2,1-2H3,(H,16,17). The number of rotatable bonds is 5. The van der Waals surface area contributed by atoms with E-state index in [1.807, 2.05) is 6.92 Å². The van der Waals surface area contributed by atoms with Gasteiger partial charge in [-0.1, -0.05) is 6.92 Å². The zero-order chi connectivity index (χ0) is 15.1. The molecule has 0 aromatic rings. The van der Waals surface area contributed by atoms with Gasteiger partial charge in [-0.25, -0.2) is 9.59 Å². The van der Waals surface area contributed by atoms with Gasteiger partial charge >= 0.3 is 18.0 Å². The van der Waals surface area contributed by atoms with Gasteiger partial charge in [-0.05, 0) is 6.42 Å². The maximum Gasteiger partial charge on any atom is 0.334 e. The molecule has 1 saturated heterocycles. The highest BCUT2D eigenvalue weighted by atomic mass is 16.5. The number of esters is 1. The first-order valence-corrected chi connectivity index (χ1v) is 6.44. The van der Waals surface area contributed by atoms with Gasteiger partial charge in [-0.2, -0.15) is 0 Å². The molecule has 8 heteroatoms. The zero-order valence-corrected chi connectivity index (χ0v) is 11.7. The van der Waals surface area contributed by atoms with Crippen LogP contribution in [-0.2, 0) is 19.1 Å². The van der Waals surface area contributed by atoms with Gasteiger partial charge in [0.05, 0.1) is 20.3 Å². The van der Waals surface area contributed by atoms with E-state index in [1.54, 1.807) is 0 Å². The fraction of sp³-hybridized carbons (Fsp3) is 0.750.